The van der Waals surface area contributed by atoms with Gasteiger partial charge < -0.3 is 4.74 Å². The molecule has 1 rings (SSSR count). The number of carbonyl (C=O) groups excluding carboxylic acids is 1. The van der Waals surface area contributed by atoms with Crippen molar-refractivity contribution in [2.45, 2.75) is 43.9 Å². The molecule has 1 aromatic carbocycles. The number of nitrogens with one attached hydrogen (secondary N) is 1. The Kier molecular flexibility index (Phi) is 6.77. The largest absolute Gasteiger partial charge is 0.462 e. The normalized spacial score (nSPS) is 12.2. The minimum Gasteiger partial charge on any atom is -0.462 e. The molecule has 124 valence electrons. The highest BCUT2D eigenvalue weighted by Crippen LogP contribution is 2.14. The average Bonchev–Trinajstić information content (AvgIpc) is 2.44. The van der Waals surface area contributed by atoms with Crippen LogP contribution in [0.4, 0.5) is 0 Å². The van der Waals surface area contributed by atoms with Crippen LogP contribution in [0.3, 0.4) is 0 Å². The molecule has 0 aliphatic carbocycles. The minimum atomic E-state index is -3.57. The molecule has 0 aliphatic heterocycles. The third-order valence-corrected chi connectivity index (χ3v) is 6.17. The summed E-state index contributed by atoms with van der Waals surface area (Å²) in [5.41, 5.74) is 0.259. The quantitative estimate of drug-likeness (QED) is 0.582. The van der Waals surface area contributed by atoms with Gasteiger partial charge in [0, 0.05) is 14.6 Å². The second-order valence-corrected chi connectivity index (χ2v) is 13.8. The summed E-state index contributed by atoms with van der Waals surface area (Å²) in [4.78, 5) is 12.1. The van der Waals surface area contributed by atoms with Crippen molar-refractivity contribution in [3.63, 3.8) is 0 Å². The van der Waals surface area contributed by atoms with Crippen LogP contribution in [0.25, 0.3) is 0 Å². The molecule has 0 bridgehead atoms. The van der Waals surface area contributed by atoms with Crippen LogP contribution in [-0.4, -0.2) is 35.6 Å². The lowest BCUT2D eigenvalue weighted by Gasteiger charge is -2.15. The summed E-state index contributed by atoms with van der Waals surface area (Å²) in [5, 5.41) is 0. The summed E-state index contributed by atoms with van der Waals surface area (Å²) < 4.78 is 31.8. The van der Waals surface area contributed by atoms with Gasteiger partial charge in [-0.25, -0.2) is 17.9 Å². The maximum Gasteiger partial charge on any atom is 0.338 e. The molecule has 0 amide bonds. The number of hydrogen-bond donors (Lipinski definition) is 1. The van der Waals surface area contributed by atoms with Crippen molar-refractivity contribution in [3.05, 3.63) is 29.8 Å². The fraction of sp³-hybridized carbons (Fsp3) is 0.533. The molecule has 0 radical (unpaired) electrons. The van der Waals surface area contributed by atoms with Crippen molar-refractivity contribution in [3.8, 4) is 0 Å². The van der Waals surface area contributed by atoms with Gasteiger partial charge in [-0.15, -0.1) is 0 Å². The van der Waals surface area contributed by atoms with Crippen molar-refractivity contribution in [2.75, 3.05) is 13.2 Å². The van der Waals surface area contributed by atoms with Crippen LogP contribution < -0.4 is 4.72 Å². The fourth-order valence-corrected chi connectivity index (χ4v) is 3.54. The van der Waals surface area contributed by atoms with Crippen molar-refractivity contribution < 1.29 is 17.9 Å². The van der Waals surface area contributed by atoms with Crippen LogP contribution in [0.1, 0.15) is 23.7 Å². The number of carbonyl (C=O) groups is 1. The molecular weight excluding hydrogens is 318 g/mol. The Labute approximate surface area is 134 Å². The monoisotopic (exact) mass is 343 g/mol. The maximum atomic E-state index is 12.1. The number of ether oxygens (including phenoxy) is 1. The van der Waals surface area contributed by atoms with Crippen molar-refractivity contribution >= 4 is 24.1 Å². The second kappa shape index (κ2) is 7.89. The van der Waals surface area contributed by atoms with E-state index in [2.05, 4.69) is 24.4 Å². The Balaban J connectivity index is 2.77. The highest BCUT2D eigenvalue weighted by Gasteiger charge is 2.17. The zero-order valence-corrected chi connectivity index (χ0v) is 15.5. The lowest BCUT2D eigenvalue weighted by molar-refractivity contribution is 0.0525. The van der Waals surface area contributed by atoms with Crippen molar-refractivity contribution in [1.82, 2.24) is 4.72 Å². The summed E-state index contributed by atoms with van der Waals surface area (Å²) in [7, 11) is -4.84. The second-order valence-electron chi connectivity index (χ2n) is 6.37. The summed E-state index contributed by atoms with van der Waals surface area (Å²) in [6.45, 7) is 9.23. The standard InChI is InChI=1S/C15H25NO4SSi/c1-5-9-16-21(18,19)14-8-6-7-13(12-14)15(17)20-10-11-22(2,3)4/h6-8,12,16H,5,9-11H2,1-4H3. The van der Waals surface area contributed by atoms with Gasteiger partial charge in [-0.05, 0) is 30.7 Å². The summed E-state index contributed by atoms with van der Waals surface area (Å²) in [6, 6.07) is 6.83. The number of esters is 1. The maximum absolute atomic E-state index is 12.1. The van der Waals surface area contributed by atoms with E-state index in [1.165, 1.54) is 12.1 Å². The van der Waals surface area contributed by atoms with E-state index in [0.29, 0.717) is 19.6 Å². The van der Waals surface area contributed by atoms with E-state index in [9.17, 15) is 13.2 Å². The molecule has 0 saturated heterocycles. The summed E-state index contributed by atoms with van der Waals surface area (Å²) >= 11 is 0. The van der Waals surface area contributed by atoms with Gasteiger partial charge in [0.15, 0.2) is 0 Å². The van der Waals surface area contributed by atoms with Crippen LogP contribution >= 0.6 is 0 Å². The fourth-order valence-electron chi connectivity index (χ4n) is 1.64. The highest BCUT2D eigenvalue weighted by molar-refractivity contribution is 7.89. The molecule has 0 aromatic heterocycles. The van der Waals surface area contributed by atoms with Crippen LogP contribution in [0.2, 0.25) is 25.7 Å². The highest BCUT2D eigenvalue weighted by atomic mass is 32.2. The van der Waals surface area contributed by atoms with Crippen molar-refractivity contribution in [1.29, 1.82) is 0 Å². The predicted octanol–water partition coefficient (Wildman–Crippen LogP) is 2.87. The Morgan fingerprint density at radius 2 is 1.95 bits per heavy atom. The molecule has 0 atom stereocenters. The van der Waals surface area contributed by atoms with E-state index in [1.54, 1.807) is 12.1 Å². The SMILES string of the molecule is CCCNS(=O)(=O)c1cccc(C(=O)OCC[Si](C)(C)C)c1. The molecule has 1 N–H and O–H groups in total. The first-order chi connectivity index (χ1) is 10.2. The van der Waals surface area contributed by atoms with Gasteiger partial charge in [0.25, 0.3) is 0 Å². The van der Waals surface area contributed by atoms with Gasteiger partial charge in [-0.2, -0.15) is 0 Å². The van der Waals surface area contributed by atoms with Crippen LogP contribution in [0.5, 0.6) is 0 Å². The zero-order valence-electron chi connectivity index (χ0n) is 13.7. The van der Waals surface area contributed by atoms with E-state index >= 15 is 0 Å². The zero-order chi connectivity index (χ0) is 16.8. The molecule has 0 aliphatic rings. The summed E-state index contributed by atoms with van der Waals surface area (Å²) in [5.74, 6) is -0.481. The summed E-state index contributed by atoms with van der Waals surface area (Å²) in [6.07, 6.45) is 0.706. The Morgan fingerprint density at radius 3 is 2.55 bits per heavy atom. The topological polar surface area (TPSA) is 72.5 Å². The van der Waals surface area contributed by atoms with E-state index in [1.807, 2.05) is 6.92 Å². The first kappa shape index (κ1) is 18.9. The average molecular weight is 344 g/mol. The molecule has 0 fully saturated rings. The van der Waals surface area contributed by atoms with Gasteiger partial charge in [0.2, 0.25) is 10.0 Å². The van der Waals surface area contributed by atoms with Crippen molar-refractivity contribution in [2.24, 2.45) is 0 Å². The van der Waals surface area contributed by atoms with Crippen LogP contribution in [-0.2, 0) is 14.8 Å². The van der Waals surface area contributed by atoms with Crippen LogP contribution in [0, 0.1) is 0 Å². The first-order valence-corrected chi connectivity index (χ1v) is 12.6. The Hall–Kier alpha value is -1.18. The van der Waals surface area contributed by atoms with Gasteiger partial charge in [-0.3, -0.25) is 0 Å². The minimum absolute atomic E-state index is 0.0839. The van der Waals surface area contributed by atoms with E-state index in [0.717, 1.165) is 6.04 Å². The van der Waals surface area contributed by atoms with E-state index < -0.39 is 24.1 Å². The lowest BCUT2D eigenvalue weighted by Crippen LogP contribution is -2.25. The van der Waals surface area contributed by atoms with Crippen LogP contribution in [0.15, 0.2) is 29.2 Å². The first-order valence-electron chi connectivity index (χ1n) is 7.42. The molecular formula is C15H25NO4SSi. The van der Waals surface area contributed by atoms with Gasteiger partial charge in [0.1, 0.15) is 0 Å². The predicted molar refractivity (Wildman–Crippen MR) is 90.4 cm³/mol. The smallest absolute Gasteiger partial charge is 0.338 e. The molecule has 7 heteroatoms. The lowest BCUT2D eigenvalue weighted by atomic mass is 10.2. The molecule has 5 nitrogen and oxygen atoms in total. The number of benzene rings is 1. The number of rotatable bonds is 8. The number of hydrogen-bond acceptors (Lipinski definition) is 4. The molecule has 0 saturated carbocycles. The molecule has 22 heavy (non-hydrogen) atoms. The third-order valence-electron chi connectivity index (χ3n) is 3.01. The molecule has 1 aromatic rings. The Bertz CT molecular complexity index is 608. The third kappa shape index (κ3) is 6.29. The van der Waals surface area contributed by atoms with Gasteiger partial charge in [0.05, 0.1) is 17.1 Å². The van der Waals surface area contributed by atoms with Gasteiger partial charge >= 0.3 is 5.97 Å². The molecule has 0 heterocycles. The van der Waals surface area contributed by atoms with E-state index in [-0.39, 0.29) is 10.5 Å². The molecule has 0 spiro atoms. The Morgan fingerprint density at radius 1 is 1.27 bits per heavy atom. The van der Waals surface area contributed by atoms with Gasteiger partial charge in [-0.1, -0.05) is 32.6 Å². The molecule has 0 unspecified atom stereocenters. The number of sulfonamides is 1. The van der Waals surface area contributed by atoms with E-state index in [4.69, 9.17) is 4.74 Å².